The quantitative estimate of drug-likeness (QED) is 0.195. The third-order valence-electron chi connectivity index (χ3n) is 4.02. The van der Waals surface area contributed by atoms with Gasteiger partial charge < -0.3 is 39.6 Å². The van der Waals surface area contributed by atoms with Gasteiger partial charge in [-0.1, -0.05) is 0 Å². The monoisotopic (exact) mass is 521 g/mol. The van der Waals surface area contributed by atoms with Gasteiger partial charge in [0.1, 0.15) is 12.0 Å². The molecule has 0 fully saturated rings. The first-order chi connectivity index (χ1) is 16.5. The second-order valence-electron chi connectivity index (χ2n) is 7.76. The molecular formula is C19H32N5O10P. The molecule has 1 aromatic rings. The van der Waals surface area contributed by atoms with E-state index in [0.717, 1.165) is 0 Å². The van der Waals surface area contributed by atoms with Crippen molar-refractivity contribution in [2.45, 2.75) is 52.9 Å². The lowest BCUT2D eigenvalue weighted by Crippen LogP contribution is -2.33. The van der Waals surface area contributed by atoms with Gasteiger partial charge in [0.25, 0.3) is 5.56 Å². The fraction of sp³-hybridized carbons (Fsp3) is 0.684. The van der Waals surface area contributed by atoms with Gasteiger partial charge >= 0.3 is 12.3 Å². The number of nitrogens with one attached hydrogen (secondary N) is 2. The molecule has 0 aromatic carbocycles. The molecule has 0 saturated carbocycles. The van der Waals surface area contributed by atoms with Gasteiger partial charge in [-0.2, -0.15) is 4.98 Å². The van der Waals surface area contributed by atoms with Crippen molar-refractivity contribution in [2.24, 2.45) is 0 Å². The Morgan fingerprint density at radius 3 is 2.17 bits per heavy atom. The van der Waals surface area contributed by atoms with Gasteiger partial charge in [-0.15, -0.1) is 0 Å². The Hall–Kier alpha value is -2.87. The van der Waals surface area contributed by atoms with Crippen molar-refractivity contribution in [1.29, 1.82) is 0 Å². The molecule has 16 heteroatoms. The number of fused-ring (bicyclic) bond motifs is 1. The van der Waals surface area contributed by atoms with Crippen molar-refractivity contribution in [3.8, 4) is 0 Å². The van der Waals surface area contributed by atoms with Gasteiger partial charge in [-0.05, 0) is 34.6 Å². The van der Waals surface area contributed by atoms with E-state index in [-0.39, 0.29) is 36.2 Å². The molecule has 0 amide bonds. The Balaban J connectivity index is 1.86. The first-order valence-corrected chi connectivity index (χ1v) is 12.1. The normalized spacial score (nSPS) is 13.5. The maximum absolute atomic E-state index is 12.0. The molecule has 198 valence electrons. The van der Waals surface area contributed by atoms with Crippen LogP contribution in [0.25, 0.3) is 0 Å². The van der Waals surface area contributed by atoms with Crippen molar-refractivity contribution in [3.05, 3.63) is 10.4 Å². The number of nitrogens with two attached hydrogens (primary N) is 1. The van der Waals surface area contributed by atoms with Crippen LogP contribution in [0.15, 0.2) is 4.79 Å². The molecule has 0 bridgehead atoms. The highest BCUT2D eigenvalue weighted by molar-refractivity contribution is 7.47. The van der Waals surface area contributed by atoms with E-state index < -0.39 is 34.3 Å². The molecule has 15 nitrogen and oxygen atoms in total. The van der Waals surface area contributed by atoms with Crippen LogP contribution in [0.3, 0.4) is 0 Å². The summed E-state index contributed by atoms with van der Waals surface area (Å²) in [5.74, 6) is 0.430. The largest absolute Gasteiger partial charge is 0.510 e. The molecule has 2 heterocycles. The molecule has 0 spiro atoms. The zero-order valence-corrected chi connectivity index (χ0v) is 21.2. The second-order valence-corrected chi connectivity index (χ2v) is 9.20. The standard InChI is InChI=1S/C19H32N5O10P/c1-11(2)33-18(26)28-8-31-35(32-9-29-19(27)34-12(3)4)10-30-13(5)6-24-7-21-14-15(24)22-17(20)23-16(14)25/h11-13,21H,6-10H2,1-5H3,(H3,20,22,23,25). The Morgan fingerprint density at radius 1 is 1.06 bits per heavy atom. The zero-order chi connectivity index (χ0) is 26.0. The first-order valence-electron chi connectivity index (χ1n) is 10.8. The summed E-state index contributed by atoms with van der Waals surface area (Å²) in [6, 6.07) is 0. The molecule has 35 heavy (non-hydrogen) atoms. The summed E-state index contributed by atoms with van der Waals surface area (Å²) in [6.45, 7) is 8.31. The number of aromatic nitrogens is 2. The van der Waals surface area contributed by atoms with Crippen LogP contribution in [0.2, 0.25) is 0 Å². The van der Waals surface area contributed by atoms with Crippen LogP contribution in [0, 0.1) is 0 Å². The van der Waals surface area contributed by atoms with Crippen molar-refractivity contribution >= 4 is 38.1 Å². The van der Waals surface area contributed by atoms with Crippen LogP contribution in [-0.2, 0) is 32.7 Å². The first kappa shape index (κ1) is 28.4. The SMILES string of the molecule is CC(C)OC(=O)OCOP(COC(C)CN1CNc2c1nc(N)[nH]c2=O)OCOC(=O)OC(C)C. The highest BCUT2D eigenvalue weighted by Crippen LogP contribution is 2.38. The minimum Gasteiger partial charge on any atom is -0.432 e. The summed E-state index contributed by atoms with van der Waals surface area (Å²) < 4.78 is 36.0. The van der Waals surface area contributed by atoms with Crippen LogP contribution in [0.1, 0.15) is 34.6 Å². The smallest absolute Gasteiger partial charge is 0.432 e. The predicted molar refractivity (Wildman–Crippen MR) is 125 cm³/mol. The van der Waals surface area contributed by atoms with E-state index in [1.807, 2.05) is 0 Å². The van der Waals surface area contributed by atoms with Gasteiger partial charge in [0.2, 0.25) is 27.9 Å². The lowest BCUT2D eigenvalue weighted by molar-refractivity contribution is -0.0282. The van der Waals surface area contributed by atoms with Gasteiger partial charge in [0, 0.05) is 6.54 Å². The lowest BCUT2D eigenvalue weighted by atomic mass is 10.3. The van der Waals surface area contributed by atoms with Crippen LogP contribution >= 0.6 is 8.38 Å². The average molecular weight is 521 g/mol. The van der Waals surface area contributed by atoms with Crippen LogP contribution in [0.4, 0.5) is 27.0 Å². The Bertz CT molecular complexity index is 871. The lowest BCUT2D eigenvalue weighted by Gasteiger charge is -2.24. The highest BCUT2D eigenvalue weighted by Gasteiger charge is 2.26. The Morgan fingerprint density at radius 2 is 1.63 bits per heavy atom. The number of nitrogens with zero attached hydrogens (tertiary/aromatic N) is 2. The fourth-order valence-electron chi connectivity index (χ4n) is 2.65. The van der Waals surface area contributed by atoms with Crippen molar-refractivity contribution in [3.63, 3.8) is 0 Å². The van der Waals surface area contributed by atoms with Crippen LogP contribution in [0.5, 0.6) is 0 Å². The van der Waals surface area contributed by atoms with E-state index in [9.17, 15) is 14.4 Å². The summed E-state index contributed by atoms with van der Waals surface area (Å²) in [4.78, 5) is 43.4. The van der Waals surface area contributed by atoms with Gasteiger partial charge in [0.15, 0.2) is 5.82 Å². The molecule has 1 aliphatic rings. The van der Waals surface area contributed by atoms with E-state index in [0.29, 0.717) is 24.7 Å². The third-order valence-corrected chi connectivity index (χ3v) is 5.16. The molecule has 1 aromatic heterocycles. The number of hydrogen-bond donors (Lipinski definition) is 3. The summed E-state index contributed by atoms with van der Waals surface area (Å²) in [7, 11) is -1.79. The van der Waals surface area contributed by atoms with E-state index in [1.54, 1.807) is 39.5 Å². The maximum atomic E-state index is 12.0. The van der Waals surface area contributed by atoms with Crippen molar-refractivity contribution in [2.75, 3.05) is 49.1 Å². The summed E-state index contributed by atoms with van der Waals surface area (Å²) >= 11 is 0. The van der Waals surface area contributed by atoms with Crippen molar-refractivity contribution in [1.82, 2.24) is 9.97 Å². The van der Waals surface area contributed by atoms with Crippen LogP contribution < -0.4 is 21.5 Å². The Labute approximate surface area is 203 Å². The summed E-state index contributed by atoms with van der Waals surface area (Å²) in [5, 5.41) is 2.96. The molecule has 4 N–H and O–H groups in total. The van der Waals surface area contributed by atoms with Gasteiger partial charge in [0.05, 0.1) is 25.0 Å². The minimum absolute atomic E-state index is 0.00771. The van der Waals surface area contributed by atoms with Crippen molar-refractivity contribution < 1.29 is 42.3 Å². The maximum Gasteiger partial charge on any atom is 0.510 e. The molecule has 1 unspecified atom stereocenters. The number of ether oxygens (including phenoxy) is 5. The number of hydrogen-bond acceptors (Lipinski definition) is 14. The molecule has 0 aliphatic carbocycles. The topological polar surface area (TPSA) is 186 Å². The van der Waals surface area contributed by atoms with Gasteiger partial charge in [-0.25, -0.2) is 9.59 Å². The zero-order valence-electron chi connectivity index (χ0n) is 20.3. The molecule has 0 radical (unpaired) electrons. The molecule has 2 rings (SSSR count). The Kier molecular flexibility index (Phi) is 11.2. The number of carbonyl (C=O) groups is 2. The van der Waals surface area contributed by atoms with Gasteiger partial charge in [-0.3, -0.25) is 18.8 Å². The van der Waals surface area contributed by atoms with E-state index >= 15 is 0 Å². The highest BCUT2D eigenvalue weighted by atomic mass is 31.2. The third kappa shape index (κ3) is 10.1. The number of carbonyl (C=O) groups excluding carboxylic acids is 2. The molecule has 0 saturated heterocycles. The summed E-state index contributed by atoms with van der Waals surface area (Å²) in [6.07, 6.45) is -2.90. The van der Waals surface area contributed by atoms with E-state index in [1.165, 1.54) is 0 Å². The number of rotatable bonds is 13. The van der Waals surface area contributed by atoms with E-state index in [4.69, 9.17) is 38.5 Å². The fourth-order valence-corrected chi connectivity index (χ4v) is 3.59. The predicted octanol–water partition coefficient (Wildman–Crippen LogP) is 2.29. The second kappa shape index (κ2) is 13.9. The number of anilines is 3. The minimum atomic E-state index is -1.79. The average Bonchev–Trinajstić information content (AvgIpc) is 3.13. The van der Waals surface area contributed by atoms with Crippen LogP contribution in [-0.4, -0.2) is 73.7 Å². The molecule has 1 atom stereocenters. The number of nitrogen functional groups attached to an aromatic ring is 1. The summed E-state index contributed by atoms with van der Waals surface area (Å²) in [5.41, 5.74) is 5.61. The number of aromatic amines is 1. The molecular weight excluding hydrogens is 489 g/mol. The van der Waals surface area contributed by atoms with E-state index in [2.05, 4.69) is 15.3 Å². The molecule has 1 aliphatic heterocycles. The number of H-pyrrole nitrogens is 1.